The number of carbonyl (C=O) groups excluding carboxylic acids is 1. The van der Waals surface area contributed by atoms with Crippen LogP contribution in [0.25, 0.3) is 6.08 Å². The number of hydrogen-bond acceptors (Lipinski definition) is 6. The van der Waals surface area contributed by atoms with E-state index in [0.29, 0.717) is 23.0 Å². The summed E-state index contributed by atoms with van der Waals surface area (Å²) in [4.78, 5) is 14.7. The monoisotopic (exact) mass is 486 g/mol. The van der Waals surface area contributed by atoms with Crippen LogP contribution in [0.4, 0.5) is 0 Å². The summed E-state index contributed by atoms with van der Waals surface area (Å²) in [5, 5.41) is 0.0847. The van der Waals surface area contributed by atoms with Crippen LogP contribution in [-0.4, -0.2) is 44.7 Å². The van der Waals surface area contributed by atoms with Crippen molar-refractivity contribution in [2.24, 2.45) is 4.40 Å². The highest BCUT2D eigenvalue weighted by Crippen LogP contribution is 2.35. The fraction of sp³-hybridized carbons (Fsp3) is 0.250. The van der Waals surface area contributed by atoms with Crippen molar-refractivity contribution in [1.29, 1.82) is 0 Å². The third-order valence-corrected chi connectivity index (χ3v) is 7.08. The van der Waals surface area contributed by atoms with Gasteiger partial charge >= 0.3 is 0 Å². The molecule has 0 atom stereocenters. The summed E-state index contributed by atoms with van der Waals surface area (Å²) in [5.74, 6) is 0.839. The number of unbranched alkanes of at least 4 members (excludes halogenated alkanes) is 1. The first-order valence-corrected chi connectivity index (χ1v) is 12.7. The summed E-state index contributed by atoms with van der Waals surface area (Å²) in [5.41, 5.74) is 0.719. The number of sulfonamides is 1. The van der Waals surface area contributed by atoms with Crippen molar-refractivity contribution in [3.05, 3.63) is 71.7 Å². The zero-order valence-corrected chi connectivity index (χ0v) is 20.2. The minimum absolute atomic E-state index is 0.0601. The third-order valence-electron chi connectivity index (χ3n) is 4.68. The van der Waals surface area contributed by atoms with Crippen LogP contribution in [0.5, 0.6) is 11.5 Å². The van der Waals surface area contributed by atoms with Gasteiger partial charge in [-0.1, -0.05) is 43.7 Å². The Balaban J connectivity index is 1.91. The van der Waals surface area contributed by atoms with Crippen LogP contribution in [-0.2, 0) is 14.8 Å². The van der Waals surface area contributed by atoms with Crippen LogP contribution in [0, 0.1) is 0 Å². The van der Waals surface area contributed by atoms with Gasteiger partial charge in [0.1, 0.15) is 0 Å². The van der Waals surface area contributed by atoms with Crippen LogP contribution in [0.3, 0.4) is 0 Å². The molecule has 2 aromatic rings. The quantitative estimate of drug-likeness (QED) is 0.274. The molecular weight excluding hydrogens is 460 g/mol. The molecule has 7 nitrogen and oxygen atoms in total. The van der Waals surface area contributed by atoms with Crippen molar-refractivity contribution in [1.82, 2.24) is 4.90 Å². The average molecular weight is 487 g/mol. The van der Waals surface area contributed by atoms with E-state index in [9.17, 15) is 13.2 Å². The SMILES string of the molecule is C=CCN1C(=O)/C(=C/c2ccc(OCCCC)c(OC)c2)SC1=NS(=O)(=O)c1ccccc1. The second kappa shape index (κ2) is 11.2. The summed E-state index contributed by atoms with van der Waals surface area (Å²) in [7, 11) is -2.41. The fourth-order valence-electron chi connectivity index (χ4n) is 2.99. The van der Waals surface area contributed by atoms with Gasteiger partial charge in [-0.3, -0.25) is 9.69 Å². The van der Waals surface area contributed by atoms with Crippen LogP contribution in [0.2, 0.25) is 0 Å². The zero-order valence-electron chi connectivity index (χ0n) is 18.6. The molecule has 1 saturated heterocycles. The number of benzene rings is 2. The minimum atomic E-state index is -3.97. The molecule has 0 bridgehead atoms. The highest BCUT2D eigenvalue weighted by molar-refractivity contribution is 8.19. The normalized spacial score (nSPS) is 16.4. The Morgan fingerprint density at radius 1 is 1.15 bits per heavy atom. The van der Waals surface area contributed by atoms with Gasteiger partial charge in [-0.05, 0) is 54.1 Å². The Morgan fingerprint density at radius 2 is 1.91 bits per heavy atom. The predicted octanol–water partition coefficient (Wildman–Crippen LogP) is 4.72. The van der Waals surface area contributed by atoms with Gasteiger partial charge in [0.2, 0.25) is 0 Å². The van der Waals surface area contributed by atoms with Gasteiger partial charge in [-0.2, -0.15) is 8.42 Å². The van der Waals surface area contributed by atoms with Crippen LogP contribution in [0.15, 0.2) is 75.4 Å². The maximum atomic E-state index is 13.0. The molecule has 33 heavy (non-hydrogen) atoms. The van der Waals surface area contributed by atoms with Crippen LogP contribution in [0.1, 0.15) is 25.3 Å². The number of nitrogens with zero attached hydrogens (tertiary/aromatic N) is 2. The van der Waals surface area contributed by atoms with Crippen LogP contribution >= 0.6 is 11.8 Å². The first kappa shape index (κ1) is 24.6. The lowest BCUT2D eigenvalue weighted by Crippen LogP contribution is -2.29. The van der Waals surface area contributed by atoms with Crippen molar-refractivity contribution in [3.8, 4) is 11.5 Å². The van der Waals surface area contributed by atoms with Crippen molar-refractivity contribution in [2.45, 2.75) is 24.7 Å². The van der Waals surface area contributed by atoms with E-state index in [2.05, 4.69) is 17.9 Å². The number of hydrogen-bond donors (Lipinski definition) is 0. The van der Waals surface area contributed by atoms with E-state index < -0.39 is 10.0 Å². The maximum absolute atomic E-state index is 13.0. The third kappa shape index (κ3) is 6.06. The second-order valence-electron chi connectivity index (χ2n) is 7.09. The first-order valence-electron chi connectivity index (χ1n) is 10.4. The molecule has 1 amide bonds. The Hall–Kier alpha value is -3.04. The smallest absolute Gasteiger partial charge is 0.284 e. The Kier molecular flexibility index (Phi) is 8.35. The predicted molar refractivity (Wildman–Crippen MR) is 132 cm³/mol. The molecule has 1 aliphatic heterocycles. The van der Waals surface area contributed by atoms with Crippen molar-refractivity contribution in [3.63, 3.8) is 0 Å². The highest BCUT2D eigenvalue weighted by atomic mass is 32.2. The molecule has 0 unspecified atom stereocenters. The van der Waals surface area contributed by atoms with E-state index in [1.807, 2.05) is 6.07 Å². The number of rotatable bonds is 10. The van der Waals surface area contributed by atoms with E-state index in [1.54, 1.807) is 43.5 Å². The van der Waals surface area contributed by atoms with E-state index in [1.165, 1.54) is 23.1 Å². The molecule has 2 aromatic carbocycles. The number of amides is 1. The number of ether oxygens (including phenoxy) is 2. The largest absolute Gasteiger partial charge is 0.493 e. The molecule has 0 aliphatic carbocycles. The molecule has 1 heterocycles. The lowest BCUT2D eigenvalue weighted by Gasteiger charge is -2.12. The fourth-order valence-corrected chi connectivity index (χ4v) is 5.20. The first-order chi connectivity index (χ1) is 15.9. The van der Waals surface area contributed by atoms with E-state index in [4.69, 9.17) is 9.47 Å². The summed E-state index contributed by atoms with van der Waals surface area (Å²) >= 11 is 1.01. The van der Waals surface area contributed by atoms with Gasteiger partial charge in [0.05, 0.1) is 23.5 Å². The van der Waals surface area contributed by atoms with Crippen molar-refractivity contribution < 1.29 is 22.7 Å². The summed E-state index contributed by atoms with van der Waals surface area (Å²) in [6.45, 7) is 6.48. The number of methoxy groups -OCH3 is 1. The molecular formula is C24H26N2O5S2. The van der Waals surface area contributed by atoms with E-state index >= 15 is 0 Å². The van der Waals surface area contributed by atoms with Crippen molar-refractivity contribution in [2.75, 3.05) is 20.3 Å². The maximum Gasteiger partial charge on any atom is 0.284 e. The lowest BCUT2D eigenvalue weighted by atomic mass is 10.2. The lowest BCUT2D eigenvalue weighted by molar-refractivity contribution is -0.121. The molecule has 3 rings (SSSR count). The number of carbonyl (C=O) groups is 1. The van der Waals surface area contributed by atoms with Crippen LogP contribution < -0.4 is 9.47 Å². The standard InChI is InChI=1S/C24H26N2O5S2/c1-4-6-15-31-20-13-12-18(16-21(20)30-3)17-22-23(27)26(14-5-2)24(32-22)25-33(28,29)19-10-8-7-9-11-19/h5,7-13,16-17H,2,4,6,14-15H2,1,3H3/b22-17-,25-24?. The molecule has 0 spiro atoms. The van der Waals surface area contributed by atoms with Gasteiger partial charge in [-0.25, -0.2) is 0 Å². The molecule has 1 aliphatic rings. The van der Waals surface area contributed by atoms with Gasteiger partial charge in [-0.15, -0.1) is 11.0 Å². The van der Waals surface area contributed by atoms with Crippen molar-refractivity contribution >= 4 is 38.9 Å². The Morgan fingerprint density at radius 3 is 2.58 bits per heavy atom. The molecule has 174 valence electrons. The molecule has 0 saturated carbocycles. The molecule has 9 heteroatoms. The Bertz CT molecular complexity index is 1170. The summed E-state index contributed by atoms with van der Waals surface area (Å²) in [6, 6.07) is 13.3. The molecule has 0 aromatic heterocycles. The molecule has 1 fully saturated rings. The van der Waals surface area contributed by atoms with E-state index in [0.717, 1.165) is 30.2 Å². The number of amidine groups is 1. The Labute approximate surface area is 198 Å². The van der Waals surface area contributed by atoms with Gasteiger partial charge < -0.3 is 9.47 Å². The van der Waals surface area contributed by atoms with Gasteiger partial charge in [0, 0.05) is 6.54 Å². The zero-order chi connectivity index (χ0) is 23.8. The van der Waals surface area contributed by atoms with Gasteiger partial charge in [0.25, 0.3) is 15.9 Å². The van der Waals surface area contributed by atoms with E-state index in [-0.39, 0.29) is 22.5 Å². The van der Waals surface area contributed by atoms with Gasteiger partial charge in [0.15, 0.2) is 16.7 Å². The summed E-state index contributed by atoms with van der Waals surface area (Å²) in [6.07, 6.45) is 5.17. The number of thioether (sulfide) groups is 1. The molecule has 0 radical (unpaired) electrons. The topological polar surface area (TPSA) is 85.3 Å². The molecule has 0 N–H and O–H groups in total. The second-order valence-corrected chi connectivity index (χ2v) is 9.70. The minimum Gasteiger partial charge on any atom is -0.493 e. The highest BCUT2D eigenvalue weighted by Gasteiger charge is 2.34. The average Bonchev–Trinajstić information content (AvgIpc) is 3.09. The summed E-state index contributed by atoms with van der Waals surface area (Å²) < 4.78 is 40.6.